The lowest BCUT2D eigenvalue weighted by Gasteiger charge is -2.03. The molecule has 1 saturated carbocycles. The van der Waals surface area contributed by atoms with Crippen LogP contribution in [0.15, 0.2) is 12.5 Å². The van der Waals surface area contributed by atoms with E-state index in [0.29, 0.717) is 19.0 Å². The Labute approximate surface area is 109 Å². The molecular weight excluding hydrogens is 250 g/mol. The van der Waals surface area contributed by atoms with Gasteiger partial charge in [0.1, 0.15) is 0 Å². The van der Waals surface area contributed by atoms with Gasteiger partial charge in [-0.3, -0.25) is 0 Å². The van der Waals surface area contributed by atoms with Crippen molar-refractivity contribution in [2.45, 2.75) is 45.3 Å². The van der Waals surface area contributed by atoms with Crippen molar-refractivity contribution in [2.75, 3.05) is 11.5 Å². The van der Waals surface area contributed by atoms with Crippen molar-refractivity contribution in [3.05, 3.63) is 18.2 Å². The van der Waals surface area contributed by atoms with Gasteiger partial charge in [-0.1, -0.05) is 6.92 Å². The number of aromatic nitrogens is 2. The number of hydrogen-bond donors (Lipinski definition) is 1. The zero-order valence-electron chi connectivity index (χ0n) is 10.8. The van der Waals surface area contributed by atoms with Crippen LogP contribution in [0.3, 0.4) is 0 Å². The van der Waals surface area contributed by atoms with E-state index in [0.717, 1.165) is 12.2 Å². The van der Waals surface area contributed by atoms with E-state index in [1.165, 1.54) is 12.8 Å². The molecule has 6 heteroatoms. The highest BCUT2D eigenvalue weighted by atomic mass is 32.2. The minimum Gasteiger partial charge on any atom is -0.336 e. The highest BCUT2D eigenvalue weighted by molar-refractivity contribution is 7.91. The Hall–Kier alpha value is -0.880. The third-order valence-electron chi connectivity index (χ3n) is 3.01. The molecule has 0 bridgehead atoms. The third kappa shape index (κ3) is 4.42. The Bertz CT molecular complexity index is 477. The first-order valence-electron chi connectivity index (χ1n) is 6.53. The van der Waals surface area contributed by atoms with Gasteiger partial charge in [0.25, 0.3) is 0 Å². The SMILES string of the molecule is CCCS(=O)(=O)CCn1cnc(CNC2CC2)c1. The largest absolute Gasteiger partial charge is 0.336 e. The molecule has 0 unspecified atom stereocenters. The van der Waals surface area contributed by atoms with Gasteiger partial charge >= 0.3 is 0 Å². The second kappa shape index (κ2) is 5.84. The molecule has 1 N–H and O–H groups in total. The molecule has 18 heavy (non-hydrogen) atoms. The topological polar surface area (TPSA) is 64.0 Å². The highest BCUT2D eigenvalue weighted by Crippen LogP contribution is 2.18. The summed E-state index contributed by atoms with van der Waals surface area (Å²) < 4.78 is 25.0. The lowest BCUT2D eigenvalue weighted by Crippen LogP contribution is -2.16. The molecule has 0 spiro atoms. The molecular formula is C12H21N3O2S. The van der Waals surface area contributed by atoms with Crippen LogP contribution in [0.4, 0.5) is 0 Å². The van der Waals surface area contributed by atoms with Crippen LogP contribution in [-0.2, 0) is 22.9 Å². The van der Waals surface area contributed by atoms with Crippen LogP contribution in [0.25, 0.3) is 0 Å². The van der Waals surface area contributed by atoms with Gasteiger partial charge in [-0.25, -0.2) is 13.4 Å². The van der Waals surface area contributed by atoms with E-state index in [1.807, 2.05) is 17.7 Å². The molecule has 1 aliphatic rings. The maximum atomic E-state index is 11.6. The molecule has 0 saturated heterocycles. The summed E-state index contributed by atoms with van der Waals surface area (Å²) in [5, 5.41) is 3.38. The number of sulfone groups is 1. The van der Waals surface area contributed by atoms with Crippen molar-refractivity contribution < 1.29 is 8.42 Å². The van der Waals surface area contributed by atoms with Crippen molar-refractivity contribution in [2.24, 2.45) is 0 Å². The molecule has 1 heterocycles. The zero-order chi connectivity index (χ0) is 13.0. The summed E-state index contributed by atoms with van der Waals surface area (Å²) in [5.74, 6) is 0.477. The molecule has 1 aromatic rings. The molecule has 5 nitrogen and oxygen atoms in total. The Kier molecular flexibility index (Phi) is 4.40. The maximum Gasteiger partial charge on any atom is 0.152 e. The normalized spacial score (nSPS) is 16.1. The predicted octanol–water partition coefficient (Wildman–Crippen LogP) is 0.960. The number of imidazole rings is 1. The smallest absolute Gasteiger partial charge is 0.152 e. The van der Waals surface area contributed by atoms with E-state index < -0.39 is 9.84 Å². The molecule has 0 aromatic carbocycles. The second-order valence-electron chi connectivity index (χ2n) is 4.91. The first-order valence-corrected chi connectivity index (χ1v) is 8.35. The van der Waals surface area contributed by atoms with Crippen molar-refractivity contribution in [3.63, 3.8) is 0 Å². The Morgan fingerprint density at radius 2 is 2.22 bits per heavy atom. The number of nitrogens with zero attached hydrogens (tertiary/aromatic N) is 2. The van der Waals surface area contributed by atoms with Gasteiger partial charge in [-0.05, 0) is 19.3 Å². The summed E-state index contributed by atoms with van der Waals surface area (Å²) in [4.78, 5) is 4.27. The van der Waals surface area contributed by atoms with E-state index in [-0.39, 0.29) is 11.5 Å². The fourth-order valence-electron chi connectivity index (χ4n) is 1.81. The molecule has 0 aliphatic heterocycles. The van der Waals surface area contributed by atoms with Crippen LogP contribution in [0.5, 0.6) is 0 Å². The van der Waals surface area contributed by atoms with Crippen LogP contribution in [0, 0.1) is 0 Å². The fourth-order valence-corrected chi connectivity index (χ4v) is 3.13. The number of hydrogen-bond acceptors (Lipinski definition) is 4. The molecule has 2 rings (SSSR count). The number of rotatable bonds is 8. The molecule has 1 fully saturated rings. The number of nitrogens with one attached hydrogen (secondary N) is 1. The number of aryl methyl sites for hydroxylation is 1. The van der Waals surface area contributed by atoms with Gasteiger partial charge in [0.05, 0.1) is 17.8 Å². The average Bonchev–Trinajstić information content (AvgIpc) is 3.03. The average molecular weight is 271 g/mol. The van der Waals surface area contributed by atoms with Gasteiger partial charge in [0.2, 0.25) is 0 Å². The Balaban J connectivity index is 1.78. The van der Waals surface area contributed by atoms with E-state index in [9.17, 15) is 8.42 Å². The van der Waals surface area contributed by atoms with Crippen LogP contribution in [0.2, 0.25) is 0 Å². The van der Waals surface area contributed by atoms with Gasteiger partial charge in [0, 0.05) is 31.1 Å². The zero-order valence-corrected chi connectivity index (χ0v) is 11.6. The lowest BCUT2D eigenvalue weighted by molar-refractivity contribution is 0.587. The highest BCUT2D eigenvalue weighted by Gasteiger charge is 2.20. The summed E-state index contributed by atoms with van der Waals surface area (Å²) in [6, 6.07) is 0.667. The van der Waals surface area contributed by atoms with Gasteiger partial charge in [0.15, 0.2) is 9.84 Å². The van der Waals surface area contributed by atoms with E-state index >= 15 is 0 Å². The molecule has 0 radical (unpaired) electrons. The summed E-state index contributed by atoms with van der Waals surface area (Å²) in [5.41, 5.74) is 0.981. The molecule has 0 atom stereocenters. The quantitative estimate of drug-likeness (QED) is 0.765. The second-order valence-corrected chi connectivity index (χ2v) is 7.21. The Morgan fingerprint density at radius 1 is 1.44 bits per heavy atom. The summed E-state index contributed by atoms with van der Waals surface area (Å²) >= 11 is 0. The molecule has 0 amide bonds. The predicted molar refractivity (Wildman–Crippen MR) is 71.0 cm³/mol. The van der Waals surface area contributed by atoms with Crippen molar-refractivity contribution in [1.82, 2.24) is 14.9 Å². The monoisotopic (exact) mass is 271 g/mol. The van der Waals surface area contributed by atoms with Gasteiger partial charge in [-0.15, -0.1) is 0 Å². The molecule has 102 valence electrons. The fraction of sp³-hybridized carbons (Fsp3) is 0.750. The summed E-state index contributed by atoms with van der Waals surface area (Å²) in [6.07, 6.45) is 6.84. The van der Waals surface area contributed by atoms with Crippen LogP contribution in [0.1, 0.15) is 31.9 Å². The van der Waals surface area contributed by atoms with Crippen LogP contribution >= 0.6 is 0 Å². The van der Waals surface area contributed by atoms with Crippen LogP contribution in [-0.4, -0.2) is 35.5 Å². The van der Waals surface area contributed by atoms with E-state index in [1.54, 1.807) is 6.33 Å². The standard InChI is InChI=1S/C12H21N3O2S/c1-2-6-18(16,17)7-5-15-9-12(14-10-15)8-13-11-3-4-11/h9-11,13H,2-8H2,1H3. The summed E-state index contributed by atoms with van der Waals surface area (Å²) in [7, 11) is -2.90. The van der Waals surface area contributed by atoms with Gasteiger partial charge in [-0.2, -0.15) is 0 Å². The first kappa shape index (κ1) is 13.5. The van der Waals surface area contributed by atoms with Crippen molar-refractivity contribution in [3.8, 4) is 0 Å². The third-order valence-corrected chi connectivity index (χ3v) is 4.85. The summed E-state index contributed by atoms with van der Waals surface area (Å²) in [6.45, 7) is 3.16. The molecule has 1 aliphatic carbocycles. The van der Waals surface area contributed by atoms with E-state index in [4.69, 9.17) is 0 Å². The minimum absolute atomic E-state index is 0.201. The van der Waals surface area contributed by atoms with Crippen molar-refractivity contribution in [1.29, 1.82) is 0 Å². The van der Waals surface area contributed by atoms with Gasteiger partial charge < -0.3 is 9.88 Å². The first-order chi connectivity index (χ1) is 8.59. The Morgan fingerprint density at radius 3 is 2.89 bits per heavy atom. The maximum absolute atomic E-state index is 11.6. The minimum atomic E-state index is -2.90. The van der Waals surface area contributed by atoms with Crippen molar-refractivity contribution >= 4 is 9.84 Å². The van der Waals surface area contributed by atoms with E-state index in [2.05, 4.69) is 10.3 Å². The van der Waals surface area contributed by atoms with Crippen LogP contribution < -0.4 is 5.32 Å². The lowest BCUT2D eigenvalue weighted by atomic mass is 10.4. The molecule has 1 aromatic heterocycles.